The molecule has 0 saturated carbocycles. The number of amides is 1. The van der Waals surface area contributed by atoms with Crippen LogP contribution in [0.5, 0.6) is 5.75 Å². The number of unbranched alkanes of at least 4 members (excludes halogenated alkanes) is 30. The van der Waals surface area contributed by atoms with Crippen molar-refractivity contribution < 1.29 is 18.3 Å². The summed E-state index contributed by atoms with van der Waals surface area (Å²) in [7, 11) is -4.02. The third-order valence-corrected chi connectivity index (χ3v) is 13.9. The topological polar surface area (TPSA) is 113 Å². The number of nitrogens with one attached hydrogen (secondary N) is 1. The molecule has 0 aliphatic heterocycles. The number of rotatable bonds is 38. The van der Waals surface area contributed by atoms with Gasteiger partial charge in [0.25, 0.3) is 15.9 Å². The summed E-state index contributed by atoms with van der Waals surface area (Å²) in [5.41, 5.74) is 6.63. The van der Waals surface area contributed by atoms with Crippen molar-refractivity contribution in [3.63, 3.8) is 0 Å². The van der Waals surface area contributed by atoms with E-state index in [-0.39, 0.29) is 27.8 Å². The summed E-state index contributed by atoms with van der Waals surface area (Å²) in [5, 5.41) is 12.5. The molecule has 0 unspecified atom stereocenters. The minimum atomic E-state index is -4.02. The van der Waals surface area contributed by atoms with Gasteiger partial charge in [0.2, 0.25) is 0 Å². The van der Waals surface area contributed by atoms with Crippen LogP contribution in [-0.2, 0) is 10.0 Å². The van der Waals surface area contributed by atoms with Crippen molar-refractivity contribution >= 4 is 38.1 Å². The van der Waals surface area contributed by atoms with Crippen LogP contribution in [0.25, 0.3) is 10.8 Å². The van der Waals surface area contributed by atoms with Gasteiger partial charge in [-0.2, -0.15) is 0 Å². The quantitative estimate of drug-likeness (QED) is 0.0302. The fourth-order valence-electron chi connectivity index (χ4n) is 8.68. The first-order valence-electron chi connectivity index (χ1n) is 25.2. The molecule has 0 aliphatic rings. The Labute approximate surface area is 373 Å². The first-order chi connectivity index (χ1) is 29.8. The van der Waals surface area contributed by atoms with Crippen LogP contribution in [0.1, 0.15) is 230 Å². The van der Waals surface area contributed by atoms with Gasteiger partial charge in [0.05, 0.1) is 16.1 Å². The lowest BCUT2D eigenvalue weighted by molar-refractivity contribution is 0.0746. The fraction of sp³-hybridized carbons (Fsp3) is 0.679. The van der Waals surface area contributed by atoms with Crippen molar-refractivity contribution in [2.24, 2.45) is 0 Å². The predicted molar refractivity (Wildman–Crippen MR) is 262 cm³/mol. The molecule has 3 aromatic rings. The molecule has 0 atom stereocenters. The average molecular weight is 862 g/mol. The maximum Gasteiger partial charge on any atom is 0.261 e. The van der Waals surface area contributed by atoms with Crippen molar-refractivity contribution in [1.82, 2.24) is 4.90 Å². The van der Waals surface area contributed by atoms with Crippen molar-refractivity contribution in [1.29, 1.82) is 0 Å². The molecule has 0 heterocycles. The number of carbonyl (C=O) groups excluding carboxylic acids is 1. The van der Waals surface area contributed by atoms with Gasteiger partial charge in [0.1, 0.15) is 5.75 Å². The highest BCUT2D eigenvalue weighted by Gasteiger charge is 2.24. The normalized spacial score (nSPS) is 11.7. The number of nitrogens with two attached hydrogens (primary N) is 1. The van der Waals surface area contributed by atoms with Gasteiger partial charge in [-0.15, -0.1) is 0 Å². The van der Waals surface area contributed by atoms with Crippen molar-refractivity contribution in [3.05, 3.63) is 60.2 Å². The molecule has 3 aromatic carbocycles. The maximum absolute atomic E-state index is 14.4. The summed E-state index contributed by atoms with van der Waals surface area (Å²) >= 11 is 0. The van der Waals surface area contributed by atoms with Crippen LogP contribution < -0.4 is 10.5 Å². The highest BCUT2D eigenvalue weighted by Crippen LogP contribution is 2.36. The number of phenolic OH excluding ortho intramolecular Hbond substituents is 1. The van der Waals surface area contributed by atoms with E-state index in [2.05, 4.69) is 18.6 Å². The Kier molecular flexibility index (Phi) is 27.7. The molecule has 0 aliphatic carbocycles. The van der Waals surface area contributed by atoms with E-state index < -0.39 is 10.0 Å². The monoisotopic (exact) mass is 862 g/mol. The molecule has 0 radical (unpaired) electrons. The van der Waals surface area contributed by atoms with Gasteiger partial charge >= 0.3 is 0 Å². The summed E-state index contributed by atoms with van der Waals surface area (Å²) in [6.07, 6.45) is 41.4. The number of sulfonamides is 1. The number of nitrogen functional groups attached to an aromatic ring is 1. The second-order valence-electron chi connectivity index (χ2n) is 17.9. The van der Waals surface area contributed by atoms with Crippen LogP contribution in [-0.4, -0.2) is 37.4 Å². The SMILES string of the molecule is CCCCCCCCCCCCCCCCCCN(CCCCCCCCCCCCCCCCCC)C(=O)c1cc(NS(=O)(=O)c2cccc(N)c2)c2ccccc2c1O. The molecule has 3 rings (SSSR count). The van der Waals surface area contributed by atoms with E-state index >= 15 is 0 Å². The third kappa shape index (κ3) is 21.6. The second-order valence-corrected chi connectivity index (χ2v) is 19.6. The van der Waals surface area contributed by atoms with Gasteiger partial charge in [-0.1, -0.05) is 237 Å². The number of phenols is 1. The number of hydrogen-bond acceptors (Lipinski definition) is 5. The summed E-state index contributed by atoms with van der Waals surface area (Å²) in [6.45, 7) is 5.79. The van der Waals surface area contributed by atoms with Gasteiger partial charge < -0.3 is 15.7 Å². The first-order valence-corrected chi connectivity index (χ1v) is 26.7. The molecule has 8 heteroatoms. The Hall–Kier alpha value is -3.26. The molecule has 1 amide bonds. The second kappa shape index (κ2) is 32.4. The molecule has 7 nitrogen and oxygen atoms in total. The Balaban J connectivity index is 1.51. The molecular weight excluding hydrogens is 775 g/mol. The van der Waals surface area contributed by atoms with Gasteiger partial charge in [-0.25, -0.2) is 8.42 Å². The molecule has 0 spiro atoms. The maximum atomic E-state index is 14.4. The van der Waals surface area contributed by atoms with E-state index in [1.165, 1.54) is 185 Å². The van der Waals surface area contributed by atoms with Crippen molar-refractivity contribution in [2.45, 2.75) is 224 Å². The highest BCUT2D eigenvalue weighted by atomic mass is 32.2. The highest BCUT2D eigenvalue weighted by molar-refractivity contribution is 7.92. The first kappa shape index (κ1) is 52.1. The summed E-state index contributed by atoms with van der Waals surface area (Å²) in [6, 6.07) is 14.7. The van der Waals surface area contributed by atoms with Crippen LogP contribution in [0.4, 0.5) is 11.4 Å². The molecule has 61 heavy (non-hydrogen) atoms. The Morgan fingerprint density at radius 2 is 0.902 bits per heavy atom. The minimum absolute atomic E-state index is 0.0335. The molecule has 0 saturated heterocycles. The van der Waals surface area contributed by atoms with Crippen LogP contribution >= 0.6 is 0 Å². The van der Waals surface area contributed by atoms with Crippen LogP contribution in [0.15, 0.2) is 59.5 Å². The van der Waals surface area contributed by atoms with E-state index in [0.717, 1.165) is 38.5 Å². The smallest absolute Gasteiger partial charge is 0.261 e. The van der Waals surface area contributed by atoms with Gasteiger partial charge in [0, 0.05) is 29.5 Å². The fourth-order valence-corrected chi connectivity index (χ4v) is 9.80. The lowest BCUT2D eigenvalue weighted by atomic mass is 10.0. The lowest BCUT2D eigenvalue weighted by Crippen LogP contribution is -2.33. The number of fused-ring (bicyclic) bond motifs is 1. The zero-order valence-electron chi connectivity index (χ0n) is 38.8. The van der Waals surface area contributed by atoms with Gasteiger partial charge in [0.15, 0.2) is 0 Å². The standard InChI is InChI=1S/C53H87N3O4S/c1-3-5-7-9-11-13-15-17-19-21-23-25-27-29-31-35-42-56(43-36-32-30-28-26-24-22-20-18-16-14-12-10-8-6-4-2)53(58)50-45-51(48-40-33-34-41-49(48)52(50)57)55-61(59,60)47-39-37-38-46(54)44-47/h33-34,37-41,44-45,55,57H,3-32,35-36,42-43,54H2,1-2H3. The number of aromatic hydroxyl groups is 1. The zero-order chi connectivity index (χ0) is 43.8. The largest absolute Gasteiger partial charge is 0.506 e. The number of anilines is 2. The van der Waals surface area contributed by atoms with Gasteiger partial charge in [-0.3, -0.25) is 9.52 Å². The van der Waals surface area contributed by atoms with E-state index in [4.69, 9.17) is 5.73 Å². The number of carbonyl (C=O) groups is 1. The van der Waals surface area contributed by atoms with Crippen molar-refractivity contribution in [2.75, 3.05) is 23.5 Å². The molecular formula is C53H87N3O4S. The Morgan fingerprint density at radius 1 is 0.525 bits per heavy atom. The van der Waals surface area contributed by atoms with Crippen LogP contribution in [0.3, 0.4) is 0 Å². The van der Waals surface area contributed by atoms with E-state index in [9.17, 15) is 18.3 Å². The van der Waals surface area contributed by atoms with E-state index in [0.29, 0.717) is 29.5 Å². The zero-order valence-corrected chi connectivity index (χ0v) is 39.7. The molecule has 0 aromatic heterocycles. The minimum Gasteiger partial charge on any atom is -0.506 e. The van der Waals surface area contributed by atoms with E-state index in [1.54, 1.807) is 36.4 Å². The summed E-state index contributed by atoms with van der Waals surface area (Å²) < 4.78 is 29.8. The van der Waals surface area contributed by atoms with Crippen molar-refractivity contribution in [3.8, 4) is 5.75 Å². The van der Waals surface area contributed by atoms with Crippen LogP contribution in [0.2, 0.25) is 0 Å². The summed E-state index contributed by atoms with van der Waals surface area (Å²) in [4.78, 5) is 16.3. The molecule has 344 valence electrons. The molecule has 4 N–H and O–H groups in total. The van der Waals surface area contributed by atoms with E-state index in [1.807, 2.05) is 4.90 Å². The van der Waals surface area contributed by atoms with Gasteiger partial charge in [-0.05, 0) is 37.1 Å². The van der Waals surface area contributed by atoms with Crippen LogP contribution in [0, 0.1) is 0 Å². The molecule has 0 fully saturated rings. The lowest BCUT2D eigenvalue weighted by Gasteiger charge is -2.24. The number of nitrogens with zero attached hydrogens (tertiary/aromatic N) is 1. The molecule has 0 bridgehead atoms. The predicted octanol–water partition coefficient (Wildman–Crippen LogP) is 15.9. The number of hydrogen-bond donors (Lipinski definition) is 3. The number of benzene rings is 3. The Bertz CT molecular complexity index is 1670. The summed E-state index contributed by atoms with van der Waals surface area (Å²) in [5.74, 6) is -0.369. The average Bonchev–Trinajstić information content (AvgIpc) is 3.26. The Morgan fingerprint density at radius 3 is 1.30 bits per heavy atom. The third-order valence-electron chi connectivity index (χ3n) is 12.5.